The SMILES string of the molecule is O=Cc1cc(Cl)ccc1OC1CCCCCC1. The van der Waals surface area contributed by atoms with Crippen LogP contribution in [-0.4, -0.2) is 12.4 Å². The van der Waals surface area contributed by atoms with Crippen LogP contribution >= 0.6 is 11.6 Å². The molecular weight excluding hydrogens is 236 g/mol. The average Bonchev–Trinajstić information content (AvgIpc) is 2.60. The van der Waals surface area contributed by atoms with Crippen LogP contribution in [0.2, 0.25) is 5.02 Å². The molecule has 92 valence electrons. The minimum absolute atomic E-state index is 0.248. The Bertz CT molecular complexity index is 382. The van der Waals surface area contributed by atoms with Gasteiger partial charge in [-0.1, -0.05) is 24.4 Å². The molecule has 0 heterocycles. The number of halogens is 1. The molecular formula is C14H17ClO2. The zero-order chi connectivity index (χ0) is 12.1. The fourth-order valence-electron chi connectivity index (χ4n) is 2.26. The van der Waals surface area contributed by atoms with E-state index in [0.717, 1.165) is 19.1 Å². The molecule has 0 N–H and O–H groups in total. The largest absolute Gasteiger partial charge is 0.490 e. The number of hydrogen-bond donors (Lipinski definition) is 0. The van der Waals surface area contributed by atoms with Crippen molar-refractivity contribution in [3.8, 4) is 5.75 Å². The number of benzene rings is 1. The van der Waals surface area contributed by atoms with Gasteiger partial charge in [0.25, 0.3) is 0 Å². The standard InChI is InChI=1S/C14H17ClO2/c15-12-7-8-14(11(9-12)10-16)17-13-5-3-1-2-4-6-13/h7-10,13H,1-6H2. The number of ether oxygens (including phenoxy) is 1. The molecule has 3 heteroatoms. The summed E-state index contributed by atoms with van der Waals surface area (Å²) in [5.74, 6) is 0.663. The number of carbonyl (C=O) groups excluding carboxylic acids is 1. The Morgan fingerprint density at radius 2 is 1.88 bits per heavy atom. The van der Waals surface area contributed by atoms with E-state index in [9.17, 15) is 4.79 Å². The Balaban J connectivity index is 2.08. The van der Waals surface area contributed by atoms with Gasteiger partial charge in [0.15, 0.2) is 6.29 Å². The number of aldehydes is 1. The van der Waals surface area contributed by atoms with E-state index in [2.05, 4.69) is 0 Å². The summed E-state index contributed by atoms with van der Waals surface area (Å²) in [6.45, 7) is 0. The Morgan fingerprint density at radius 3 is 2.53 bits per heavy atom. The molecule has 1 saturated carbocycles. The van der Waals surface area contributed by atoms with Crippen molar-refractivity contribution in [3.05, 3.63) is 28.8 Å². The zero-order valence-electron chi connectivity index (χ0n) is 9.82. The van der Waals surface area contributed by atoms with Gasteiger partial charge in [0, 0.05) is 5.02 Å². The van der Waals surface area contributed by atoms with Crippen LogP contribution in [0.4, 0.5) is 0 Å². The highest BCUT2D eigenvalue weighted by atomic mass is 35.5. The molecule has 2 nitrogen and oxygen atoms in total. The first kappa shape index (κ1) is 12.4. The minimum atomic E-state index is 0.248. The van der Waals surface area contributed by atoms with Gasteiger partial charge >= 0.3 is 0 Å². The molecule has 1 aromatic carbocycles. The first-order valence-electron chi connectivity index (χ1n) is 6.21. The maximum absolute atomic E-state index is 11.0. The molecule has 0 atom stereocenters. The van der Waals surface area contributed by atoms with E-state index in [4.69, 9.17) is 16.3 Å². The van der Waals surface area contributed by atoms with E-state index in [1.807, 2.05) is 0 Å². The minimum Gasteiger partial charge on any atom is -0.490 e. The highest BCUT2D eigenvalue weighted by molar-refractivity contribution is 6.30. The maximum atomic E-state index is 11.0. The van der Waals surface area contributed by atoms with Crippen LogP contribution in [0.5, 0.6) is 5.75 Å². The molecule has 0 radical (unpaired) electrons. The van der Waals surface area contributed by atoms with Gasteiger partial charge in [0.2, 0.25) is 0 Å². The molecule has 0 aliphatic heterocycles. The molecule has 0 amide bonds. The first-order valence-corrected chi connectivity index (χ1v) is 6.59. The van der Waals surface area contributed by atoms with Crippen molar-refractivity contribution >= 4 is 17.9 Å². The third-order valence-electron chi connectivity index (χ3n) is 3.19. The second-order valence-corrected chi connectivity index (χ2v) is 4.97. The van der Waals surface area contributed by atoms with E-state index in [-0.39, 0.29) is 6.10 Å². The van der Waals surface area contributed by atoms with Gasteiger partial charge in [-0.15, -0.1) is 0 Å². The van der Waals surface area contributed by atoms with Crippen LogP contribution in [0.3, 0.4) is 0 Å². The highest BCUT2D eigenvalue weighted by Gasteiger charge is 2.15. The van der Waals surface area contributed by atoms with Crippen molar-refractivity contribution in [2.24, 2.45) is 0 Å². The zero-order valence-corrected chi connectivity index (χ0v) is 10.6. The summed E-state index contributed by atoms with van der Waals surface area (Å²) < 4.78 is 5.92. The van der Waals surface area contributed by atoms with Crippen LogP contribution < -0.4 is 4.74 Å². The molecule has 2 rings (SSSR count). The second-order valence-electron chi connectivity index (χ2n) is 4.53. The predicted octanol–water partition coefficient (Wildman–Crippen LogP) is 4.25. The van der Waals surface area contributed by atoms with Crippen LogP contribution in [0.1, 0.15) is 48.9 Å². The van der Waals surface area contributed by atoms with Gasteiger partial charge < -0.3 is 4.74 Å². The van der Waals surface area contributed by atoms with E-state index >= 15 is 0 Å². The fraction of sp³-hybridized carbons (Fsp3) is 0.500. The monoisotopic (exact) mass is 252 g/mol. The van der Waals surface area contributed by atoms with E-state index in [0.29, 0.717) is 16.3 Å². The van der Waals surface area contributed by atoms with Crippen LogP contribution in [0, 0.1) is 0 Å². The van der Waals surface area contributed by atoms with Gasteiger partial charge in [-0.2, -0.15) is 0 Å². The highest BCUT2D eigenvalue weighted by Crippen LogP contribution is 2.26. The Morgan fingerprint density at radius 1 is 1.18 bits per heavy atom. The lowest BCUT2D eigenvalue weighted by Gasteiger charge is -2.18. The van der Waals surface area contributed by atoms with Gasteiger partial charge in [-0.3, -0.25) is 4.79 Å². The molecule has 0 bridgehead atoms. The van der Waals surface area contributed by atoms with Crippen molar-refractivity contribution in [2.75, 3.05) is 0 Å². The Labute approximate surface area is 107 Å². The third-order valence-corrected chi connectivity index (χ3v) is 3.43. The number of rotatable bonds is 3. The van der Waals surface area contributed by atoms with Gasteiger partial charge in [0.1, 0.15) is 5.75 Å². The summed E-state index contributed by atoms with van der Waals surface area (Å²) in [5, 5.41) is 0.570. The van der Waals surface area contributed by atoms with Crippen molar-refractivity contribution in [1.29, 1.82) is 0 Å². The second kappa shape index (κ2) is 6.06. The fourth-order valence-corrected chi connectivity index (χ4v) is 2.44. The molecule has 1 fully saturated rings. The topological polar surface area (TPSA) is 26.3 Å². The van der Waals surface area contributed by atoms with Gasteiger partial charge in [-0.25, -0.2) is 0 Å². The maximum Gasteiger partial charge on any atom is 0.153 e. The van der Waals surface area contributed by atoms with Crippen molar-refractivity contribution in [1.82, 2.24) is 0 Å². The van der Waals surface area contributed by atoms with Crippen molar-refractivity contribution in [2.45, 2.75) is 44.6 Å². The van der Waals surface area contributed by atoms with E-state index in [1.165, 1.54) is 25.7 Å². The molecule has 0 aromatic heterocycles. The van der Waals surface area contributed by atoms with Crippen molar-refractivity contribution < 1.29 is 9.53 Å². The molecule has 0 saturated heterocycles. The lowest BCUT2D eigenvalue weighted by atomic mass is 10.1. The molecule has 1 aliphatic rings. The molecule has 1 aliphatic carbocycles. The third kappa shape index (κ3) is 3.47. The van der Waals surface area contributed by atoms with Crippen molar-refractivity contribution in [3.63, 3.8) is 0 Å². The molecule has 0 spiro atoms. The Hall–Kier alpha value is -1.02. The van der Waals surface area contributed by atoms with Crippen LogP contribution in [0.15, 0.2) is 18.2 Å². The van der Waals surface area contributed by atoms with E-state index < -0.39 is 0 Å². The summed E-state index contributed by atoms with van der Waals surface area (Å²) in [6.07, 6.45) is 8.24. The molecule has 1 aromatic rings. The number of carbonyl (C=O) groups is 1. The molecule has 17 heavy (non-hydrogen) atoms. The van der Waals surface area contributed by atoms with Gasteiger partial charge in [0.05, 0.1) is 11.7 Å². The number of hydrogen-bond acceptors (Lipinski definition) is 2. The smallest absolute Gasteiger partial charge is 0.153 e. The lowest BCUT2D eigenvalue weighted by Crippen LogP contribution is -2.15. The van der Waals surface area contributed by atoms with E-state index in [1.54, 1.807) is 18.2 Å². The summed E-state index contributed by atoms with van der Waals surface area (Å²) in [4.78, 5) is 11.0. The summed E-state index contributed by atoms with van der Waals surface area (Å²) >= 11 is 5.85. The first-order chi connectivity index (χ1) is 8.29. The van der Waals surface area contributed by atoms with Gasteiger partial charge in [-0.05, 0) is 43.9 Å². The lowest BCUT2D eigenvalue weighted by molar-refractivity contribution is 0.111. The molecule has 0 unspecified atom stereocenters. The average molecular weight is 253 g/mol. The van der Waals surface area contributed by atoms with Crippen LogP contribution in [0.25, 0.3) is 0 Å². The normalized spacial score (nSPS) is 17.5. The summed E-state index contributed by atoms with van der Waals surface area (Å²) in [7, 11) is 0. The quantitative estimate of drug-likeness (QED) is 0.594. The Kier molecular flexibility index (Phi) is 4.43. The summed E-state index contributed by atoms with van der Waals surface area (Å²) in [5.41, 5.74) is 0.543. The summed E-state index contributed by atoms with van der Waals surface area (Å²) in [6, 6.07) is 5.21. The predicted molar refractivity (Wildman–Crippen MR) is 69.0 cm³/mol. The van der Waals surface area contributed by atoms with Crippen LogP contribution in [-0.2, 0) is 0 Å².